The SMILES string of the molecule is COc1ccc(Cl)cc1NC(=O)Nc1ccc2oc(=O)n(C)c2c1. The van der Waals surface area contributed by atoms with Crippen LogP contribution >= 0.6 is 11.6 Å². The Morgan fingerprint density at radius 3 is 2.75 bits per heavy atom. The van der Waals surface area contributed by atoms with Crippen molar-refractivity contribution in [2.24, 2.45) is 7.05 Å². The van der Waals surface area contributed by atoms with E-state index in [1.165, 1.54) is 11.7 Å². The van der Waals surface area contributed by atoms with Crippen LogP contribution in [0.5, 0.6) is 5.75 Å². The number of halogens is 1. The van der Waals surface area contributed by atoms with Crippen molar-refractivity contribution in [3.63, 3.8) is 0 Å². The monoisotopic (exact) mass is 347 g/mol. The molecule has 8 heteroatoms. The number of nitrogens with zero attached hydrogens (tertiary/aromatic N) is 1. The first-order chi connectivity index (χ1) is 11.5. The minimum Gasteiger partial charge on any atom is -0.495 e. The number of benzene rings is 2. The van der Waals surface area contributed by atoms with Crippen molar-refractivity contribution in [3.05, 3.63) is 52.0 Å². The Labute approximate surface area is 141 Å². The van der Waals surface area contributed by atoms with Gasteiger partial charge in [0.15, 0.2) is 5.58 Å². The number of carbonyl (C=O) groups excluding carboxylic acids is 1. The summed E-state index contributed by atoms with van der Waals surface area (Å²) in [4.78, 5) is 23.7. The van der Waals surface area contributed by atoms with Gasteiger partial charge in [-0.15, -0.1) is 0 Å². The number of amides is 2. The number of fused-ring (bicyclic) bond motifs is 1. The summed E-state index contributed by atoms with van der Waals surface area (Å²) in [7, 11) is 3.09. The molecule has 3 aromatic rings. The molecule has 1 aromatic heterocycles. The Hall–Kier alpha value is -2.93. The van der Waals surface area contributed by atoms with E-state index in [0.29, 0.717) is 33.2 Å². The highest BCUT2D eigenvalue weighted by atomic mass is 35.5. The van der Waals surface area contributed by atoms with Crippen LogP contribution in [-0.4, -0.2) is 17.7 Å². The van der Waals surface area contributed by atoms with Gasteiger partial charge in [-0.25, -0.2) is 9.59 Å². The van der Waals surface area contributed by atoms with Crippen LogP contribution < -0.4 is 21.1 Å². The normalized spacial score (nSPS) is 10.6. The second-order valence-corrected chi connectivity index (χ2v) is 5.47. The van der Waals surface area contributed by atoms with Crippen molar-refractivity contribution in [2.75, 3.05) is 17.7 Å². The molecule has 124 valence electrons. The molecule has 2 aromatic carbocycles. The average Bonchev–Trinajstić information content (AvgIpc) is 2.82. The third-order valence-electron chi connectivity index (χ3n) is 3.46. The number of hydrogen-bond acceptors (Lipinski definition) is 4. The van der Waals surface area contributed by atoms with E-state index < -0.39 is 11.8 Å². The summed E-state index contributed by atoms with van der Waals surface area (Å²) in [5.41, 5.74) is 1.99. The maximum atomic E-state index is 12.2. The van der Waals surface area contributed by atoms with Crippen molar-refractivity contribution in [1.29, 1.82) is 0 Å². The molecule has 7 nitrogen and oxygen atoms in total. The molecular formula is C16H14ClN3O4. The predicted octanol–water partition coefficient (Wildman–Crippen LogP) is 3.44. The maximum absolute atomic E-state index is 12.2. The van der Waals surface area contributed by atoms with Crippen LogP contribution in [0.1, 0.15) is 0 Å². The highest BCUT2D eigenvalue weighted by Gasteiger charge is 2.11. The van der Waals surface area contributed by atoms with Gasteiger partial charge in [0, 0.05) is 17.8 Å². The highest BCUT2D eigenvalue weighted by Crippen LogP contribution is 2.28. The summed E-state index contributed by atoms with van der Waals surface area (Å²) in [6.45, 7) is 0. The molecule has 0 radical (unpaired) electrons. The number of hydrogen-bond donors (Lipinski definition) is 2. The van der Waals surface area contributed by atoms with Gasteiger partial charge in [-0.1, -0.05) is 11.6 Å². The van der Waals surface area contributed by atoms with Crippen molar-refractivity contribution in [2.45, 2.75) is 0 Å². The number of anilines is 2. The van der Waals surface area contributed by atoms with Gasteiger partial charge in [0.1, 0.15) is 5.75 Å². The van der Waals surface area contributed by atoms with Gasteiger partial charge >= 0.3 is 11.8 Å². The lowest BCUT2D eigenvalue weighted by Gasteiger charge is -2.11. The first-order valence-corrected chi connectivity index (χ1v) is 7.37. The molecule has 0 aliphatic carbocycles. The van der Waals surface area contributed by atoms with Gasteiger partial charge < -0.3 is 19.8 Å². The highest BCUT2D eigenvalue weighted by molar-refractivity contribution is 6.31. The third-order valence-corrected chi connectivity index (χ3v) is 3.69. The van der Waals surface area contributed by atoms with Crippen LogP contribution in [0.3, 0.4) is 0 Å². The van der Waals surface area contributed by atoms with Crippen LogP contribution in [0.15, 0.2) is 45.6 Å². The molecule has 0 fully saturated rings. The second kappa shape index (κ2) is 6.29. The van der Waals surface area contributed by atoms with Gasteiger partial charge in [0.25, 0.3) is 0 Å². The molecule has 0 saturated heterocycles. The Balaban J connectivity index is 1.81. The number of nitrogens with one attached hydrogen (secondary N) is 2. The summed E-state index contributed by atoms with van der Waals surface area (Å²) in [5.74, 6) is 0.0255. The summed E-state index contributed by atoms with van der Waals surface area (Å²) < 4.78 is 11.6. The van der Waals surface area contributed by atoms with Gasteiger partial charge in [-0.3, -0.25) is 4.57 Å². The van der Waals surface area contributed by atoms with Crippen molar-refractivity contribution < 1.29 is 13.9 Å². The van der Waals surface area contributed by atoms with Gasteiger partial charge in [0.2, 0.25) is 0 Å². The summed E-state index contributed by atoms with van der Waals surface area (Å²) in [5, 5.41) is 5.82. The van der Waals surface area contributed by atoms with E-state index in [4.69, 9.17) is 20.8 Å². The molecule has 0 aliphatic rings. The molecule has 3 rings (SSSR count). The number of aryl methyl sites for hydroxylation is 1. The standard InChI is InChI=1S/C16H14ClN3O4/c1-20-12-8-10(4-6-14(12)24-16(20)22)18-15(21)19-11-7-9(17)3-5-13(11)23-2/h3-8H,1-2H3,(H2,18,19,21). The molecule has 0 spiro atoms. The molecule has 0 saturated carbocycles. The lowest BCUT2D eigenvalue weighted by molar-refractivity contribution is 0.262. The van der Waals surface area contributed by atoms with E-state index in [-0.39, 0.29) is 0 Å². The Bertz CT molecular complexity index is 977. The molecule has 2 amide bonds. The topological polar surface area (TPSA) is 85.5 Å². The zero-order valence-corrected chi connectivity index (χ0v) is 13.7. The molecule has 0 bridgehead atoms. The van der Waals surface area contributed by atoms with E-state index in [0.717, 1.165) is 0 Å². The van der Waals surface area contributed by atoms with Crippen LogP contribution in [0, 0.1) is 0 Å². The van der Waals surface area contributed by atoms with E-state index in [2.05, 4.69) is 10.6 Å². The molecule has 1 heterocycles. The summed E-state index contributed by atoms with van der Waals surface area (Å²) in [6.07, 6.45) is 0. The molecule has 2 N–H and O–H groups in total. The second-order valence-electron chi connectivity index (χ2n) is 5.03. The fraction of sp³-hybridized carbons (Fsp3) is 0.125. The molecule has 0 atom stereocenters. The number of aromatic nitrogens is 1. The van der Waals surface area contributed by atoms with E-state index >= 15 is 0 Å². The Kier molecular flexibility index (Phi) is 4.18. The zero-order chi connectivity index (χ0) is 17.3. The lowest BCUT2D eigenvalue weighted by atomic mass is 10.3. The molecular weight excluding hydrogens is 334 g/mol. The van der Waals surface area contributed by atoms with Crippen molar-refractivity contribution >= 4 is 40.1 Å². The molecule has 0 aliphatic heterocycles. The first-order valence-electron chi connectivity index (χ1n) is 6.99. The largest absolute Gasteiger partial charge is 0.495 e. The quantitative estimate of drug-likeness (QED) is 0.760. The average molecular weight is 348 g/mol. The van der Waals surface area contributed by atoms with Crippen LogP contribution in [0.2, 0.25) is 5.02 Å². The number of methoxy groups -OCH3 is 1. The number of carbonyl (C=O) groups is 1. The van der Waals surface area contributed by atoms with Crippen LogP contribution in [-0.2, 0) is 7.05 Å². The predicted molar refractivity (Wildman–Crippen MR) is 92.1 cm³/mol. The van der Waals surface area contributed by atoms with E-state index in [1.807, 2.05) is 0 Å². The first kappa shape index (κ1) is 15.9. The number of oxazole rings is 1. The minimum absolute atomic E-state index is 0.444. The van der Waals surface area contributed by atoms with Crippen molar-refractivity contribution in [1.82, 2.24) is 4.57 Å². The van der Waals surface area contributed by atoms with Gasteiger partial charge in [0.05, 0.1) is 18.3 Å². The van der Waals surface area contributed by atoms with E-state index in [1.54, 1.807) is 43.4 Å². The number of rotatable bonds is 3. The van der Waals surface area contributed by atoms with Gasteiger partial charge in [-0.05, 0) is 36.4 Å². The van der Waals surface area contributed by atoms with Crippen LogP contribution in [0.25, 0.3) is 11.1 Å². The maximum Gasteiger partial charge on any atom is 0.419 e. The Morgan fingerprint density at radius 2 is 2.00 bits per heavy atom. The minimum atomic E-state index is -0.469. The summed E-state index contributed by atoms with van der Waals surface area (Å²) >= 11 is 5.93. The zero-order valence-electron chi connectivity index (χ0n) is 12.9. The summed E-state index contributed by atoms with van der Waals surface area (Å²) in [6, 6.07) is 9.34. The fourth-order valence-electron chi connectivity index (χ4n) is 2.27. The van der Waals surface area contributed by atoms with E-state index in [9.17, 15) is 9.59 Å². The van der Waals surface area contributed by atoms with Crippen LogP contribution in [0.4, 0.5) is 16.2 Å². The number of urea groups is 1. The fourth-order valence-corrected chi connectivity index (χ4v) is 2.44. The van der Waals surface area contributed by atoms with Crippen molar-refractivity contribution in [3.8, 4) is 5.75 Å². The Morgan fingerprint density at radius 1 is 1.21 bits per heavy atom. The molecule has 24 heavy (non-hydrogen) atoms. The number of ether oxygens (including phenoxy) is 1. The molecule has 0 unspecified atom stereocenters. The van der Waals surface area contributed by atoms with Gasteiger partial charge in [-0.2, -0.15) is 0 Å². The lowest BCUT2D eigenvalue weighted by Crippen LogP contribution is -2.19. The third kappa shape index (κ3) is 3.07. The smallest absolute Gasteiger partial charge is 0.419 e.